The first kappa shape index (κ1) is 18.3. The Morgan fingerprint density at radius 3 is 2.93 bits per heavy atom. The quantitative estimate of drug-likeness (QED) is 0.669. The van der Waals surface area contributed by atoms with E-state index in [1.54, 1.807) is 37.5 Å². The van der Waals surface area contributed by atoms with Gasteiger partial charge < -0.3 is 9.42 Å². The lowest BCUT2D eigenvalue weighted by Crippen LogP contribution is -2.26. The molecule has 0 radical (unpaired) electrons. The zero-order chi connectivity index (χ0) is 19.2. The van der Waals surface area contributed by atoms with Crippen molar-refractivity contribution in [2.45, 2.75) is 26.3 Å². The summed E-state index contributed by atoms with van der Waals surface area (Å²) in [4.78, 5) is 22.7. The van der Waals surface area contributed by atoms with Gasteiger partial charge in [0.15, 0.2) is 5.82 Å². The molecule has 0 aliphatic heterocycles. The first-order valence-corrected chi connectivity index (χ1v) is 8.65. The highest BCUT2D eigenvalue weighted by Crippen LogP contribution is 2.23. The second kappa shape index (κ2) is 8.23. The fourth-order valence-corrected chi connectivity index (χ4v) is 2.72. The minimum Gasteiger partial charge on any atom is -0.337 e. The van der Waals surface area contributed by atoms with Gasteiger partial charge in [0.25, 0.3) is 5.91 Å². The minimum atomic E-state index is -0.172. The van der Waals surface area contributed by atoms with Crippen molar-refractivity contribution >= 4 is 5.91 Å². The molecular formula is C20H19N5O2. The molecule has 1 amide bonds. The summed E-state index contributed by atoms with van der Waals surface area (Å²) in [5, 5.41) is 13.1. The Balaban J connectivity index is 1.79. The fourth-order valence-electron chi connectivity index (χ4n) is 2.72. The van der Waals surface area contributed by atoms with E-state index >= 15 is 0 Å². The fraction of sp³-hybridized carbons (Fsp3) is 0.250. The van der Waals surface area contributed by atoms with E-state index < -0.39 is 0 Å². The van der Waals surface area contributed by atoms with E-state index in [9.17, 15) is 10.1 Å². The van der Waals surface area contributed by atoms with Crippen LogP contribution >= 0.6 is 0 Å². The zero-order valence-corrected chi connectivity index (χ0v) is 15.2. The predicted octanol–water partition coefficient (Wildman–Crippen LogP) is 3.23. The second-order valence-electron chi connectivity index (χ2n) is 6.11. The molecule has 3 aromatic rings. The molecule has 0 atom stereocenters. The van der Waals surface area contributed by atoms with Gasteiger partial charge in [-0.15, -0.1) is 0 Å². The molecule has 2 heterocycles. The van der Waals surface area contributed by atoms with Crippen molar-refractivity contribution in [3.05, 3.63) is 65.6 Å². The first-order chi connectivity index (χ1) is 13.1. The summed E-state index contributed by atoms with van der Waals surface area (Å²) in [6.45, 7) is 2.27. The molecule has 0 unspecified atom stereocenters. The maximum absolute atomic E-state index is 12.8. The molecule has 3 rings (SSSR count). The van der Waals surface area contributed by atoms with Gasteiger partial charge in [-0.2, -0.15) is 10.2 Å². The van der Waals surface area contributed by atoms with Gasteiger partial charge >= 0.3 is 0 Å². The van der Waals surface area contributed by atoms with E-state index in [0.717, 1.165) is 18.4 Å². The van der Waals surface area contributed by atoms with Gasteiger partial charge in [-0.1, -0.05) is 24.2 Å². The maximum Gasteiger partial charge on any atom is 0.254 e. The van der Waals surface area contributed by atoms with E-state index in [2.05, 4.69) is 21.2 Å². The lowest BCUT2D eigenvalue weighted by atomic mass is 10.0. The molecule has 1 aromatic carbocycles. The Morgan fingerprint density at radius 1 is 1.30 bits per heavy atom. The average Bonchev–Trinajstić information content (AvgIpc) is 3.14. The predicted molar refractivity (Wildman–Crippen MR) is 98.5 cm³/mol. The van der Waals surface area contributed by atoms with Gasteiger partial charge in [0.2, 0.25) is 5.89 Å². The molecule has 0 saturated carbocycles. The third-order valence-corrected chi connectivity index (χ3v) is 4.04. The van der Waals surface area contributed by atoms with Crippen molar-refractivity contribution < 1.29 is 9.32 Å². The Labute approximate surface area is 157 Å². The number of hydrogen-bond donors (Lipinski definition) is 0. The molecular weight excluding hydrogens is 342 g/mol. The summed E-state index contributed by atoms with van der Waals surface area (Å²) in [6, 6.07) is 12.8. The van der Waals surface area contributed by atoms with Crippen LogP contribution in [0, 0.1) is 11.3 Å². The summed E-state index contributed by atoms with van der Waals surface area (Å²) in [7, 11) is 1.68. The standard InChI is InChI=1S/C20H19N5O2/c1-3-6-18-23-19(27-24-18)13-25(2)20(26)15-8-4-7-14(11-15)16-9-5-10-22-17(16)12-21/h4-5,7-11H,3,6,13H2,1-2H3. The highest BCUT2D eigenvalue weighted by atomic mass is 16.5. The van der Waals surface area contributed by atoms with Crippen LogP contribution in [0.1, 0.15) is 41.1 Å². The topological polar surface area (TPSA) is 95.9 Å². The van der Waals surface area contributed by atoms with Crippen LogP contribution in [0.3, 0.4) is 0 Å². The van der Waals surface area contributed by atoms with E-state index in [0.29, 0.717) is 28.5 Å². The number of pyridine rings is 1. The van der Waals surface area contributed by atoms with Crippen LogP contribution in [-0.2, 0) is 13.0 Å². The molecule has 0 saturated heterocycles. The Kier molecular flexibility index (Phi) is 5.57. The van der Waals surface area contributed by atoms with E-state index in [-0.39, 0.29) is 12.5 Å². The van der Waals surface area contributed by atoms with Gasteiger partial charge in [-0.3, -0.25) is 4.79 Å². The van der Waals surface area contributed by atoms with Crippen LogP contribution in [0.2, 0.25) is 0 Å². The average molecular weight is 361 g/mol. The maximum atomic E-state index is 12.8. The number of carbonyl (C=O) groups is 1. The normalized spacial score (nSPS) is 10.4. The van der Waals surface area contributed by atoms with Crippen LogP contribution in [0.25, 0.3) is 11.1 Å². The summed E-state index contributed by atoms with van der Waals surface area (Å²) in [5.74, 6) is 0.884. The molecule has 136 valence electrons. The summed E-state index contributed by atoms with van der Waals surface area (Å²) < 4.78 is 5.20. The second-order valence-corrected chi connectivity index (χ2v) is 6.11. The number of amides is 1. The molecule has 0 N–H and O–H groups in total. The van der Waals surface area contributed by atoms with Crippen molar-refractivity contribution in [3.8, 4) is 17.2 Å². The number of hydrogen-bond acceptors (Lipinski definition) is 6. The van der Waals surface area contributed by atoms with Crippen molar-refractivity contribution in [1.82, 2.24) is 20.0 Å². The van der Waals surface area contributed by atoms with Gasteiger partial charge in [-0.25, -0.2) is 4.98 Å². The van der Waals surface area contributed by atoms with Crippen molar-refractivity contribution in [2.24, 2.45) is 0 Å². The molecule has 0 aliphatic rings. The van der Waals surface area contributed by atoms with E-state index in [4.69, 9.17) is 4.52 Å². The molecule has 0 aliphatic carbocycles. The van der Waals surface area contributed by atoms with Crippen LogP contribution in [0.5, 0.6) is 0 Å². The number of aryl methyl sites for hydroxylation is 1. The minimum absolute atomic E-state index is 0.172. The smallest absolute Gasteiger partial charge is 0.254 e. The molecule has 0 bridgehead atoms. The van der Waals surface area contributed by atoms with Crippen LogP contribution in [0.4, 0.5) is 0 Å². The number of benzene rings is 1. The van der Waals surface area contributed by atoms with Gasteiger partial charge in [0, 0.05) is 30.8 Å². The number of carbonyl (C=O) groups excluding carboxylic acids is 1. The summed E-state index contributed by atoms with van der Waals surface area (Å²) in [6.07, 6.45) is 3.25. The van der Waals surface area contributed by atoms with Crippen molar-refractivity contribution in [1.29, 1.82) is 5.26 Å². The molecule has 7 nitrogen and oxygen atoms in total. The number of nitriles is 1. The van der Waals surface area contributed by atoms with Crippen LogP contribution < -0.4 is 0 Å². The number of aromatic nitrogens is 3. The molecule has 2 aromatic heterocycles. The van der Waals surface area contributed by atoms with Gasteiger partial charge in [0.05, 0.1) is 6.54 Å². The lowest BCUT2D eigenvalue weighted by Gasteiger charge is -2.15. The summed E-state index contributed by atoms with van der Waals surface area (Å²) >= 11 is 0. The monoisotopic (exact) mass is 361 g/mol. The van der Waals surface area contributed by atoms with Crippen LogP contribution in [-0.4, -0.2) is 33.0 Å². The highest BCUT2D eigenvalue weighted by molar-refractivity contribution is 5.95. The van der Waals surface area contributed by atoms with Crippen molar-refractivity contribution in [2.75, 3.05) is 7.05 Å². The third-order valence-electron chi connectivity index (χ3n) is 4.04. The lowest BCUT2D eigenvalue weighted by molar-refractivity contribution is 0.0769. The molecule has 27 heavy (non-hydrogen) atoms. The first-order valence-electron chi connectivity index (χ1n) is 8.65. The Bertz CT molecular complexity index is 990. The van der Waals surface area contributed by atoms with Gasteiger partial charge in [-0.05, 0) is 36.2 Å². The Hall–Kier alpha value is -3.53. The highest BCUT2D eigenvalue weighted by Gasteiger charge is 2.17. The zero-order valence-electron chi connectivity index (χ0n) is 15.2. The van der Waals surface area contributed by atoms with Crippen LogP contribution in [0.15, 0.2) is 47.1 Å². The number of rotatable bonds is 6. The molecule has 7 heteroatoms. The molecule has 0 fully saturated rings. The largest absolute Gasteiger partial charge is 0.337 e. The molecule has 0 spiro atoms. The van der Waals surface area contributed by atoms with Crippen molar-refractivity contribution in [3.63, 3.8) is 0 Å². The Morgan fingerprint density at radius 2 is 2.15 bits per heavy atom. The van der Waals surface area contributed by atoms with E-state index in [1.807, 2.05) is 19.1 Å². The summed E-state index contributed by atoms with van der Waals surface area (Å²) in [5.41, 5.74) is 2.29. The SMILES string of the molecule is CCCc1noc(CN(C)C(=O)c2cccc(-c3cccnc3C#N)c2)n1. The third kappa shape index (κ3) is 4.18. The number of nitrogens with zero attached hydrogens (tertiary/aromatic N) is 5. The van der Waals surface area contributed by atoms with Gasteiger partial charge in [0.1, 0.15) is 11.8 Å². The van der Waals surface area contributed by atoms with E-state index in [1.165, 1.54) is 4.90 Å².